The van der Waals surface area contributed by atoms with E-state index in [4.69, 9.17) is 9.84 Å². The predicted molar refractivity (Wildman–Crippen MR) is 41.0 cm³/mol. The second-order valence-corrected chi connectivity index (χ2v) is 2.50. The van der Waals surface area contributed by atoms with Gasteiger partial charge in [-0.1, -0.05) is 0 Å². The molecule has 0 aliphatic carbocycles. The van der Waals surface area contributed by atoms with Crippen molar-refractivity contribution in [1.29, 1.82) is 0 Å². The lowest BCUT2D eigenvalue weighted by atomic mass is 10.2. The van der Waals surface area contributed by atoms with Crippen LogP contribution >= 0.6 is 0 Å². The van der Waals surface area contributed by atoms with Crippen LogP contribution in [0.15, 0.2) is 0 Å². The van der Waals surface area contributed by atoms with Gasteiger partial charge in [-0.2, -0.15) is 0 Å². The van der Waals surface area contributed by atoms with Crippen molar-refractivity contribution in [2.75, 3.05) is 20.7 Å². The van der Waals surface area contributed by atoms with E-state index in [9.17, 15) is 0 Å². The highest BCUT2D eigenvalue weighted by Crippen LogP contribution is 1.99. The van der Waals surface area contributed by atoms with E-state index in [2.05, 4.69) is 5.32 Å². The molecule has 0 aliphatic heterocycles. The van der Waals surface area contributed by atoms with Gasteiger partial charge in [0.05, 0.1) is 12.2 Å². The molecule has 0 saturated heterocycles. The number of nitrogens with one attached hydrogen (secondary N) is 1. The molecule has 0 rings (SSSR count). The van der Waals surface area contributed by atoms with Gasteiger partial charge in [-0.15, -0.1) is 0 Å². The summed E-state index contributed by atoms with van der Waals surface area (Å²) in [5.74, 6) is 0. The number of aliphatic hydroxyl groups excluding tert-OH is 1. The first-order chi connectivity index (χ1) is 4.70. The molecule has 0 aromatic heterocycles. The van der Waals surface area contributed by atoms with Crippen LogP contribution in [0.3, 0.4) is 0 Å². The Labute approximate surface area is 62.4 Å². The van der Waals surface area contributed by atoms with Crippen molar-refractivity contribution in [2.24, 2.45) is 0 Å². The Morgan fingerprint density at radius 2 is 2.20 bits per heavy atom. The van der Waals surface area contributed by atoms with Gasteiger partial charge >= 0.3 is 0 Å². The standard InChI is InChI=1S/C7H17NO2/c1-6(9)4-7(10-3)5-8-2/h6-9H,4-5H2,1-3H3. The highest BCUT2D eigenvalue weighted by molar-refractivity contribution is 4.62. The lowest BCUT2D eigenvalue weighted by Crippen LogP contribution is -2.28. The molecular weight excluding hydrogens is 130 g/mol. The lowest BCUT2D eigenvalue weighted by Gasteiger charge is -2.15. The fraction of sp³-hybridized carbons (Fsp3) is 1.00. The summed E-state index contributed by atoms with van der Waals surface area (Å²) < 4.78 is 5.08. The van der Waals surface area contributed by atoms with Gasteiger partial charge in [0.25, 0.3) is 0 Å². The van der Waals surface area contributed by atoms with Crippen molar-refractivity contribution in [1.82, 2.24) is 5.32 Å². The SMILES string of the molecule is CNCC(CC(C)O)OC. The Balaban J connectivity index is 3.39. The monoisotopic (exact) mass is 147 g/mol. The molecule has 2 N–H and O–H groups in total. The van der Waals surface area contributed by atoms with Crippen LogP contribution in [-0.4, -0.2) is 38.0 Å². The molecule has 0 spiro atoms. The maximum atomic E-state index is 8.97. The van der Waals surface area contributed by atoms with Crippen LogP contribution in [0.1, 0.15) is 13.3 Å². The first-order valence-corrected chi connectivity index (χ1v) is 3.56. The largest absolute Gasteiger partial charge is 0.393 e. The van der Waals surface area contributed by atoms with Crippen LogP contribution in [-0.2, 0) is 4.74 Å². The molecule has 0 amide bonds. The molecule has 0 aliphatic rings. The van der Waals surface area contributed by atoms with Crippen molar-refractivity contribution < 1.29 is 9.84 Å². The maximum Gasteiger partial charge on any atom is 0.0720 e. The molecule has 0 aromatic rings. The van der Waals surface area contributed by atoms with Crippen LogP contribution in [0, 0.1) is 0 Å². The highest BCUT2D eigenvalue weighted by Gasteiger charge is 2.08. The number of aliphatic hydroxyl groups is 1. The molecule has 0 heterocycles. The van der Waals surface area contributed by atoms with Crippen LogP contribution in [0.2, 0.25) is 0 Å². The molecule has 10 heavy (non-hydrogen) atoms. The third-order valence-corrected chi connectivity index (χ3v) is 1.37. The molecule has 0 saturated carbocycles. The summed E-state index contributed by atoms with van der Waals surface area (Å²) >= 11 is 0. The first kappa shape index (κ1) is 9.88. The quantitative estimate of drug-likeness (QED) is 0.575. The van der Waals surface area contributed by atoms with Gasteiger partial charge in [-0.25, -0.2) is 0 Å². The molecule has 62 valence electrons. The minimum atomic E-state index is -0.279. The molecule has 2 atom stereocenters. The van der Waals surface area contributed by atoms with Crippen LogP contribution < -0.4 is 5.32 Å². The zero-order valence-corrected chi connectivity index (χ0v) is 6.92. The van der Waals surface area contributed by atoms with Crippen molar-refractivity contribution >= 4 is 0 Å². The van der Waals surface area contributed by atoms with E-state index >= 15 is 0 Å². The Kier molecular flexibility index (Phi) is 5.58. The van der Waals surface area contributed by atoms with Gasteiger partial charge in [0.2, 0.25) is 0 Å². The molecule has 0 bridgehead atoms. The van der Waals surface area contributed by atoms with E-state index in [1.807, 2.05) is 7.05 Å². The summed E-state index contributed by atoms with van der Waals surface area (Å²) in [6, 6.07) is 0. The number of hydrogen-bond donors (Lipinski definition) is 2. The number of rotatable bonds is 5. The summed E-state index contributed by atoms with van der Waals surface area (Å²) in [6.07, 6.45) is 0.542. The fourth-order valence-corrected chi connectivity index (χ4v) is 0.871. The molecule has 3 nitrogen and oxygen atoms in total. The Bertz CT molecular complexity index is 76.0. The lowest BCUT2D eigenvalue weighted by molar-refractivity contribution is 0.0530. The summed E-state index contributed by atoms with van der Waals surface area (Å²) in [4.78, 5) is 0. The molecule has 0 aromatic carbocycles. The molecule has 0 fully saturated rings. The van der Waals surface area contributed by atoms with Crippen LogP contribution in [0.4, 0.5) is 0 Å². The Morgan fingerprint density at radius 1 is 1.60 bits per heavy atom. The third kappa shape index (κ3) is 4.73. The number of likely N-dealkylation sites (N-methyl/N-ethyl adjacent to an activating group) is 1. The van der Waals surface area contributed by atoms with Crippen LogP contribution in [0.5, 0.6) is 0 Å². The minimum Gasteiger partial charge on any atom is -0.393 e. The summed E-state index contributed by atoms with van der Waals surface area (Å²) in [7, 11) is 3.53. The van der Waals surface area contributed by atoms with Crippen LogP contribution in [0.25, 0.3) is 0 Å². The highest BCUT2D eigenvalue weighted by atomic mass is 16.5. The zero-order chi connectivity index (χ0) is 7.98. The average molecular weight is 147 g/mol. The fourth-order valence-electron chi connectivity index (χ4n) is 0.871. The number of methoxy groups -OCH3 is 1. The number of hydrogen-bond acceptors (Lipinski definition) is 3. The minimum absolute atomic E-state index is 0.130. The van der Waals surface area contributed by atoms with Crippen molar-refractivity contribution in [2.45, 2.75) is 25.6 Å². The van der Waals surface area contributed by atoms with Gasteiger partial charge < -0.3 is 15.2 Å². The van der Waals surface area contributed by atoms with Gasteiger partial charge in [-0.05, 0) is 14.0 Å². The summed E-state index contributed by atoms with van der Waals surface area (Å²) in [5, 5.41) is 12.0. The third-order valence-electron chi connectivity index (χ3n) is 1.37. The molecule has 2 unspecified atom stereocenters. The predicted octanol–water partition coefficient (Wildman–Crippen LogP) is -0.00830. The van der Waals surface area contributed by atoms with Gasteiger partial charge in [0.15, 0.2) is 0 Å². The van der Waals surface area contributed by atoms with E-state index < -0.39 is 0 Å². The molecule has 0 radical (unpaired) electrons. The van der Waals surface area contributed by atoms with Crippen molar-refractivity contribution in [3.63, 3.8) is 0 Å². The van der Waals surface area contributed by atoms with E-state index in [-0.39, 0.29) is 12.2 Å². The normalized spacial score (nSPS) is 16.8. The second-order valence-electron chi connectivity index (χ2n) is 2.50. The van der Waals surface area contributed by atoms with E-state index in [0.29, 0.717) is 6.42 Å². The zero-order valence-electron chi connectivity index (χ0n) is 6.92. The Hall–Kier alpha value is -0.120. The first-order valence-electron chi connectivity index (χ1n) is 3.56. The smallest absolute Gasteiger partial charge is 0.0720 e. The molecule has 3 heteroatoms. The van der Waals surface area contributed by atoms with Crippen molar-refractivity contribution in [3.8, 4) is 0 Å². The topological polar surface area (TPSA) is 41.5 Å². The summed E-state index contributed by atoms with van der Waals surface area (Å²) in [5.41, 5.74) is 0. The van der Waals surface area contributed by atoms with E-state index in [0.717, 1.165) is 6.54 Å². The van der Waals surface area contributed by atoms with Gasteiger partial charge in [0.1, 0.15) is 0 Å². The van der Waals surface area contributed by atoms with Gasteiger partial charge in [0, 0.05) is 20.1 Å². The summed E-state index contributed by atoms with van der Waals surface area (Å²) in [6.45, 7) is 2.56. The van der Waals surface area contributed by atoms with Crippen molar-refractivity contribution in [3.05, 3.63) is 0 Å². The number of ether oxygens (including phenoxy) is 1. The second kappa shape index (κ2) is 5.65. The van der Waals surface area contributed by atoms with E-state index in [1.54, 1.807) is 14.0 Å². The average Bonchev–Trinajstić information content (AvgIpc) is 1.86. The van der Waals surface area contributed by atoms with E-state index in [1.165, 1.54) is 0 Å². The molecular formula is C7H17NO2. The Morgan fingerprint density at radius 3 is 2.50 bits per heavy atom. The van der Waals surface area contributed by atoms with Gasteiger partial charge in [-0.3, -0.25) is 0 Å². The maximum absolute atomic E-state index is 8.97.